The Morgan fingerprint density at radius 1 is 0.875 bits per heavy atom. The Labute approximate surface area is 183 Å². The average molecular weight is 456 g/mol. The Balaban J connectivity index is 1.94. The van der Waals surface area contributed by atoms with E-state index in [0.29, 0.717) is 16.8 Å². The quantitative estimate of drug-likeness (QED) is 0.373. The molecular formula is C24H19F3N2O2S. The maximum Gasteiger partial charge on any atom is 0.418 e. The highest BCUT2D eigenvalue weighted by atomic mass is 32.2. The molecule has 4 nitrogen and oxygen atoms in total. The monoisotopic (exact) mass is 456 g/mol. The van der Waals surface area contributed by atoms with E-state index in [1.165, 1.54) is 18.2 Å². The molecule has 0 unspecified atom stereocenters. The molecule has 0 amide bonds. The number of rotatable bonds is 4. The molecule has 0 bridgehead atoms. The summed E-state index contributed by atoms with van der Waals surface area (Å²) >= 11 is 0. The van der Waals surface area contributed by atoms with Gasteiger partial charge in [0.05, 0.1) is 33.1 Å². The van der Waals surface area contributed by atoms with E-state index in [4.69, 9.17) is 0 Å². The van der Waals surface area contributed by atoms with Gasteiger partial charge in [0.15, 0.2) is 9.84 Å². The molecule has 4 aromatic rings. The minimum Gasteiger partial charge on any atom is -0.249 e. The lowest BCUT2D eigenvalue weighted by molar-refractivity contribution is -0.136. The van der Waals surface area contributed by atoms with Crippen LogP contribution in [0.15, 0.2) is 71.6 Å². The van der Waals surface area contributed by atoms with E-state index in [1.54, 1.807) is 26.0 Å². The van der Waals surface area contributed by atoms with Gasteiger partial charge in [-0.3, -0.25) is 0 Å². The van der Waals surface area contributed by atoms with Crippen molar-refractivity contribution in [3.63, 3.8) is 0 Å². The molecule has 0 atom stereocenters. The molecule has 0 saturated carbocycles. The third kappa shape index (κ3) is 3.98. The molecule has 8 heteroatoms. The van der Waals surface area contributed by atoms with Crippen LogP contribution in [0.2, 0.25) is 0 Å². The Kier molecular flexibility index (Phi) is 5.50. The van der Waals surface area contributed by atoms with Crippen molar-refractivity contribution in [1.82, 2.24) is 9.97 Å². The van der Waals surface area contributed by atoms with Crippen molar-refractivity contribution in [3.8, 4) is 22.4 Å². The fourth-order valence-corrected chi connectivity index (χ4v) is 4.74. The molecule has 0 fully saturated rings. The third-order valence-corrected chi connectivity index (χ3v) is 7.00. The topological polar surface area (TPSA) is 59.9 Å². The van der Waals surface area contributed by atoms with Crippen LogP contribution in [0.3, 0.4) is 0 Å². The Hall–Kier alpha value is -3.26. The van der Waals surface area contributed by atoms with Gasteiger partial charge in [0.1, 0.15) is 5.52 Å². The summed E-state index contributed by atoms with van der Waals surface area (Å²) in [4.78, 5) is 8.74. The smallest absolute Gasteiger partial charge is 0.249 e. The number of hydrogen-bond acceptors (Lipinski definition) is 4. The highest BCUT2D eigenvalue weighted by molar-refractivity contribution is 7.91. The lowest BCUT2D eigenvalue weighted by Crippen LogP contribution is -2.08. The van der Waals surface area contributed by atoms with E-state index in [2.05, 4.69) is 9.97 Å². The van der Waals surface area contributed by atoms with E-state index in [1.807, 2.05) is 30.3 Å². The van der Waals surface area contributed by atoms with Gasteiger partial charge in [0.25, 0.3) is 0 Å². The van der Waals surface area contributed by atoms with Crippen LogP contribution < -0.4 is 0 Å². The zero-order chi connectivity index (χ0) is 23.1. The molecule has 3 aromatic carbocycles. The lowest BCUT2D eigenvalue weighted by atomic mass is 10.0. The standard InChI is InChI=1S/C24H19F3N2O2S/c1-3-32(30,31)21-14-17(12-13-18(21)16-8-5-4-6-9-16)22-15(2)28-23-19(24(25,26)27)10-7-11-20(23)29-22/h4-14H,3H2,1-2H3. The van der Waals surface area contributed by atoms with Crippen LogP contribution in [0, 0.1) is 6.92 Å². The molecule has 0 aliphatic carbocycles. The summed E-state index contributed by atoms with van der Waals surface area (Å²) < 4.78 is 65.8. The van der Waals surface area contributed by atoms with Crippen LogP contribution in [0.4, 0.5) is 13.2 Å². The van der Waals surface area contributed by atoms with E-state index >= 15 is 0 Å². The first-order valence-corrected chi connectivity index (χ1v) is 11.5. The predicted octanol–water partition coefficient (Wildman–Crippen LogP) is 6.08. The largest absolute Gasteiger partial charge is 0.418 e. The number of alkyl halides is 3. The number of para-hydroxylation sites is 1. The second-order valence-electron chi connectivity index (χ2n) is 7.31. The number of benzene rings is 3. The van der Waals surface area contributed by atoms with Crippen molar-refractivity contribution in [2.75, 3.05) is 5.75 Å². The van der Waals surface area contributed by atoms with Crippen molar-refractivity contribution >= 4 is 20.9 Å². The van der Waals surface area contributed by atoms with E-state index in [9.17, 15) is 21.6 Å². The molecule has 0 spiro atoms. The van der Waals surface area contributed by atoms with Crippen LogP contribution in [0.5, 0.6) is 0 Å². The molecule has 0 N–H and O–H groups in total. The summed E-state index contributed by atoms with van der Waals surface area (Å²) in [5.74, 6) is -0.0897. The van der Waals surface area contributed by atoms with Crippen LogP contribution in [0.25, 0.3) is 33.4 Å². The first-order chi connectivity index (χ1) is 15.1. The van der Waals surface area contributed by atoms with Gasteiger partial charge in [-0.05, 0) is 30.7 Å². The normalized spacial score (nSPS) is 12.3. The second kappa shape index (κ2) is 8.02. The molecular weight excluding hydrogens is 437 g/mol. The first-order valence-electron chi connectivity index (χ1n) is 9.89. The zero-order valence-electron chi connectivity index (χ0n) is 17.3. The SMILES string of the molecule is CCS(=O)(=O)c1cc(-c2nc3cccc(C(F)(F)F)c3nc2C)ccc1-c1ccccc1. The van der Waals surface area contributed by atoms with Gasteiger partial charge < -0.3 is 0 Å². The fourth-order valence-electron chi connectivity index (χ4n) is 3.60. The average Bonchev–Trinajstić information content (AvgIpc) is 2.77. The Morgan fingerprint density at radius 2 is 1.59 bits per heavy atom. The summed E-state index contributed by atoms with van der Waals surface area (Å²) in [6.07, 6.45) is -4.55. The molecule has 164 valence electrons. The molecule has 0 radical (unpaired) electrons. The highest BCUT2D eigenvalue weighted by Crippen LogP contribution is 2.36. The number of nitrogens with zero attached hydrogens (tertiary/aromatic N) is 2. The summed E-state index contributed by atoms with van der Waals surface area (Å²) in [6.45, 7) is 3.13. The van der Waals surface area contributed by atoms with Crippen molar-refractivity contribution in [3.05, 3.63) is 78.0 Å². The van der Waals surface area contributed by atoms with Crippen LogP contribution in [-0.4, -0.2) is 24.1 Å². The molecule has 0 saturated heterocycles. The number of aryl methyl sites for hydroxylation is 1. The van der Waals surface area contributed by atoms with Gasteiger partial charge in [-0.2, -0.15) is 13.2 Å². The van der Waals surface area contributed by atoms with Crippen molar-refractivity contribution in [2.24, 2.45) is 0 Å². The maximum absolute atomic E-state index is 13.4. The molecule has 32 heavy (non-hydrogen) atoms. The molecule has 4 rings (SSSR count). The van der Waals surface area contributed by atoms with Gasteiger partial charge in [0, 0.05) is 11.1 Å². The summed E-state index contributed by atoms with van der Waals surface area (Å²) in [6, 6.07) is 17.8. The number of fused-ring (bicyclic) bond motifs is 1. The molecule has 1 aromatic heterocycles. The van der Waals surface area contributed by atoms with Crippen LogP contribution in [-0.2, 0) is 16.0 Å². The lowest BCUT2D eigenvalue weighted by Gasteiger charge is -2.14. The number of sulfone groups is 1. The van der Waals surface area contributed by atoms with Gasteiger partial charge in [0.2, 0.25) is 0 Å². The first kappa shape index (κ1) is 22.0. The third-order valence-electron chi connectivity index (χ3n) is 5.23. The summed E-state index contributed by atoms with van der Waals surface area (Å²) in [5.41, 5.74) is 1.40. The van der Waals surface area contributed by atoms with Crippen LogP contribution in [0.1, 0.15) is 18.2 Å². The minimum absolute atomic E-state index is 0.0897. The van der Waals surface area contributed by atoms with E-state index in [0.717, 1.165) is 11.6 Å². The van der Waals surface area contributed by atoms with Gasteiger partial charge in [-0.25, -0.2) is 18.4 Å². The maximum atomic E-state index is 13.4. The summed E-state index contributed by atoms with van der Waals surface area (Å²) in [7, 11) is -3.59. The highest BCUT2D eigenvalue weighted by Gasteiger charge is 2.33. The number of aromatic nitrogens is 2. The predicted molar refractivity (Wildman–Crippen MR) is 118 cm³/mol. The van der Waals surface area contributed by atoms with Gasteiger partial charge in [-0.15, -0.1) is 0 Å². The minimum atomic E-state index is -4.55. The zero-order valence-corrected chi connectivity index (χ0v) is 18.1. The Morgan fingerprint density at radius 3 is 2.25 bits per heavy atom. The summed E-state index contributed by atoms with van der Waals surface area (Å²) in [5, 5.41) is 0. The van der Waals surface area contributed by atoms with E-state index in [-0.39, 0.29) is 27.4 Å². The van der Waals surface area contributed by atoms with Crippen LogP contribution >= 0.6 is 0 Å². The van der Waals surface area contributed by atoms with Crippen molar-refractivity contribution in [1.29, 1.82) is 0 Å². The number of halogens is 3. The Bertz CT molecular complexity index is 1420. The molecule has 0 aliphatic heterocycles. The van der Waals surface area contributed by atoms with Crippen molar-refractivity contribution < 1.29 is 21.6 Å². The molecule has 1 heterocycles. The van der Waals surface area contributed by atoms with E-state index < -0.39 is 21.6 Å². The molecule has 0 aliphatic rings. The number of hydrogen-bond donors (Lipinski definition) is 0. The fraction of sp³-hybridized carbons (Fsp3) is 0.167. The second-order valence-corrected chi connectivity index (χ2v) is 9.56. The van der Waals surface area contributed by atoms with Crippen molar-refractivity contribution in [2.45, 2.75) is 24.9 Å². The van der Waals surface area contributed by atoms with Gasteiger partial charge in [-0.1, -0.05) is 55.5 Å². The van der Waals surface area contributed by atoms with Gasteiger partial charge >= 0.3 is 6.18 Å².